The van der Waals surface area contributed by atoms with Crippen molar-refractivity contribution in [1.29, 1.82) is 0 Å². The molecular weight excluding hydrogens is 409 g/mol. The summed E-state index contributed by atoms with van der Waals surface area (Å²) in [6.45, 7) is 2.62. The lowest BCUT2D eigenvalue weighted by atomic mass is 10.2. The van der Waals surface area contributed by atoms with E-state index in [1.807, 2.05) is 6.92 Å². The van der Waals surface area contributed by atoms with Crippen molar-refractivity contribution in [1.82, 2.24) is 9.97 Å². The first-order valence-electron chi connectivity index (χ1n) is 9.63. The number of methoxy groups -OCH3 is 1. The van der Waals surface area contributed by atoms with E-state index in [-0.39, 0.29) is 11.8 Å². The van der Waals surface area contributed by atoms with Crippen molar-refractivity contribution in [3.05, 3.63) is 60.3 Å². The summed E-state index contributed by atoms with van der Waals surface area (Å²) in [7, 11) is 3.20. The number of nitrogens with one attached hydrogen (secondary N) is 1. The summed E-state index contributed by atoms with van der Waals surface area (Å²) in [6.07, 6.45) is -2.93. The van der Waals surface area contributed by atoms with Crippen LogP contribution in [0.2, 0.25) is 0 Å². The molecule has 0 aliphatic carbocycles. The normalized spacial score (nSPS) is 11.2. The summed E-state index contributed by atoms with van der Waals surface area (Å²) in [5, 5.41) is 2.74. The number of anilines is 4. The molecule has 0 unspecified atom stereocenters. The summed E-state index contributed by atoms with van der Waals surface area (Å²) in [5.41, 5.74) is 0.193. The maximum Gasteiger partial charge on any atom is 0.421 e. The molecule has 0 atom stereocenters. The predicted octanol–water partition coefficient (Wildman–Crippen LogP) is 5.80. The second-order valence-electron chi connectivity index (χ2n) is 6.68. The van der Waals surface area contributed by atoms with Gasteiger partial charge in [-0.25, -0.2) is 4.98 Å². The zero-order valence-corrected chi connectivity index (χ0v) is 17.4. The Morgan fingerprint density at radius 1 is 1.00 bits per heavy atom. The van der Waals surface area contributed by atoms with Crippen molar-refractivity contribution in [2.45, 2.75) is 19.5 Å². The molecule has 9 heteroatoms. The zero-order valence-electron chi connectivity index (χ0n) is 17.4. The Bertz CT molecular complexity index is 993. The number of rotatable bonds is 8. The number of halogens is 3. The fourth-order valence-electron chi connectivity index (χ4n) is 2.75. The lowest BCUT2D eigenvalue weighted by Crippen LogP contribution is -2.17. The number of hydrogen-bond acceptors (Lipinski definition) is 6. The van der Waals surface area contributed by atoms with Crippen LogP contribution in [0.4, 0.5) is 36.3 Å². The Morgan fingerprint density at radius 2 is 1.65 bits per heavy atom. The molecular formula is C22H23F3N4O2. The first kappa shape index (κ1) is 22.2. The average molecular weight is 432 g/mol. The number of benzene rings is 2. The van der Waals surface area contributed by atoms with Crippen molar-refractivity contribution in [2.75, 3.05) is 31.0 Å². The average Bonchev–Trinajstić information content (AvgIpc) is 2.77. The van der Waals surface area contributed by atoms with E-state index in [1.54, 1.807) is 60.5 Å². The van der Waals surface area contributed by atoms with E-state index in [9.17, 15) is 13.2 Å². The van der Waals surface area contributed by atoms with Gasteiger partial charge in [-0.2, -0.15) is 18.2 Å². The highest BCUT2D eigenvalue weighted by molar-refractivity contribution is 5.64. The first-order chi connectivity index (χ1) is 14.8. The van der Waals surface area contributed by atoms with Gasteiger partial charge in [0.25, 0.3) is 0 Å². The van der Waals surface area contributed by atoms with Gasteiger partial charge >= 0.3 is 6.18 Å². The minimum absolute atomic E-state index is 0.117. The van der Waals surface area contributed by atoms with Crippen LogP contribution in [0.3, 0.4) is 0 Å². The minimum Gasteiger partial charge on any atom is -0.497 e. The Kier molecular flexibility index (Phi) is 6.84. The van der Waals surface area contributed by atoms with E-state index < -0.39 is 11.7 Å². The van der Waals surface area contributed by atoms with Gasteiger partial charge in [0.15, 0.2) is 0 Å². The van der Waals surface area contributed by atoms with E-state index >= 15 is 0 Å². The molecule has 1 aromatic heterocycles. The van der Waals surface area contributed by atoms with Gasteiger partial charge in [0, 0.05) is 24.6 Å². The van der Waals surface area contributed by atoms with Crippen LogP contribution in [0.5, 0.6) is 11.5 Å². The molecule has 0 amide bonds. The number of ether oxygens (including phenoxy) is 2. The van der Waals surface area contributed by atoms with Gasteiger partial charge in [0.2, 0.25) is 5.95 Å². The highest BCUT2D eigenvalue weighted by Crippen LogP contribution is 2.36. The minimum atomic E-state index is -4.61. The van der Waals surface area contributed by atoms with Gasteiger partial charge in [-0.3, -0.25) is 0 Å². The van der Waals surface area contributed by atoms with Crippen molar-refractivity contribution < 1.29 is 22.6 Å². The molecule has 2 aromatic carbocycles. The van der Waals surface area contributed by atoms with E-state index in [1.165, 1.54) is 7.11 Å². The molecule has 0 saturated carbocycles. The lowest BCUT2D eigenvalue weighted by Gasteiger charge is -2.20. The van der Waals surface area contributed by atoms with Crippen LogP contribution in [0.15, 0.2) is 54.7 Å². The molecule has 0 saturated heterocycles. The highest BCUT2D eigenvalue weighted by atomic mass is 19.4. The second kappa shape index (κ2) is 9.55. The van der Waals surface area contributed by atoms with Gasteiger partial charge in [0.1, 0.15) is 22.9 Å². The van der Waals surface area contributed by atoms with Crippen LogP contribution in [0.25, 0.3) is 0 Å². The van der Waals surface area contributed by atoms with Crippen molar-refractivity contribution in [3.8, 4) is 11.5 Å². The van der Waals surface area contributed by atoms with Gasteiger partial charge < -0.3 is 19.7 Å². The van der Waals surface area contributed by atoms with Crippen LogP contribution < -0.4 is 19.7 Å². The molecule has 0 aliphatic heterocycles. The van der Waals surface area contributed by atoms with Gasteiger partial charge in [0.05, 0.1) is 13.7 Å². The van der Waals surface area contributed by atoms with E-state index in [2.05, 4.69) is 15.3 Å². The van der Waals surface area contributed by atoms with E-state index in [0.29, 0.717) is 29.5 Å². The van der Waals surface area contributed by atoms with Gasteiger partial charge in [-0.05, 0) is 55.0 Å². The fourth-order valence-corrected chi connectivity index (χ4v) is 2.75. The van der Waals surface area contributed by atoms with Gasteiger partial charge in [-0.15, -0.1) is 0 Å². The fraction of sp³-hybridized carbons (Fsp3) is 0.273. The molecule has 0 radical (unpaired) electrons. The number of hydrogen-bond donors (Lipinski definition) is 1. The van der Waals surface area contributed by atoms with E-state index in [4.69, 9.17) is 9.47 Å². The van der Waals surface area contributed by atoms with Crippen LogP contribution in [-0.4, -0.2) is 30.7 Å². The smallest absolute Gasteiger partial charge is 0.421 e. The quantitative estimate of drug-likeness (QED) is 0.485. The van der Waals surface area contributed by atoms with Crippen LogP contribution in [-0.2, 0) is 6.18 Å². The number of aromatic nitrogens is 2. The van der Waals surface area contributed by atoms with Crippen LogP contribution >= 0.6 is 0 Å². The Labute approximate surface area is 178 Å². The third-order valence-corrected chi connectivity index (χ3v) is 4.43. The topological polar surface area (TPSA) is 59.5 Å². The first-order valence-corrected chi connectivity index (χ1v) is 9.63. The molecule has 164 valence electrons. The standard InChI is InChI=1S/C22H23F3N4O2/c1-4-13-31-18-11-7-16(8-12-18)29(2)21-26-14-19(22(23,24)25)20(28-21)27-15-5-9-17(30-3)10-6-15/h5-12,14H,4,13H2,1-3H3,(H,26,27,28). The molecule has 0 aliphatic rings. The largest absolute Gasteiger partial charge is 0.497 e. The Morgan fingerprint density at radius 3 is 2.23 bits per heavy atom. The SMILES string of the molecule is CCCOc1ccc(N(C)c2ncc(C(F)(F)F)c(Nc3ccc(OC)cc3)n2)cc1. The maximum absolute atomic E-state index is 13.5. The van der Waals surface area contributed by atoms with Crippen LogP contribution in [0.1, 0.15) is 18.9 Å². The highest BCUT2D eigenvalue weighted by Gasteiger charge is 2.35. The summed E-state index contributed by atoms with van der Waals surface area (Å²) < 4.78 is 51.1. The van der Waals surface area contributed by atoms with Crippen molar-refractivity contribution in [3.63, 3.8) is 0 Å². The van der Waals surface area contributed by atoms with Gasteiger partial charge in [-0.1, -0.05) is 6.92 Å². The summed E-state index contributed by atoms with van der Waals surface area (Å²) in [6, 6.07) is 13.7. The van der Waals surface area contributed by atoms with Crippen molar-refractivity contribution >= 4 is 23.1 Å². The number of nitrogens with zero attached hydrogens (tertiary/aromatic N) is 3. The molecule has 31 heavy (non-hydrogen) atoms. The molecule has 3 rings (SSSR count). The molecule has 6 nitrogen and oxygen atoms in total. The molecule has 1 heterocycles. The molecule has 0 fully saturated rings. The molecule has 0 bridgehead atoms. The molecule has 3 aromatic rings. The third kappa shape index (κ3) is 5.56. The number of alkyl halides is 3. The lowest BCUT2D eigenvalue weighted by molar-refractivity contribution is -0.137. The second-order valence-corrected chi connectivity index (χ2v) is 6.68. The summed E-state index contributed by atoms with van der Waals surface area (Å²) >= 11 is 0. The summed E-state index contributed by atoms with van der Waals surface area (Å²) in [4.78, 5) is 9.67. The Balaban J connectivity index is 1.89. The molecule has 1 N–H and O–H groups in total. The zero-order chi connectivity index (χ0) is 22.4. The van der Waals surface area contributed by atoms with Crippen molar-refractivity contribution in [2.24, 2.45) is 0 Å². The predicted molar refractivity (Wildman–Crippen MR) is 114 cm³/mol. The Hall–Kier alpha value is -3.49. The maximum atomic E-state index is 13.5. The van der Waals surface area contributed by atoms with E-state index in [0.717, 1.165) is 12.6 Å². The molecule has 0 spiro atoms. The van der Waals surface area contributed by atoms with Crippen LogP contribution in [0, 0.1) is 0 Å². The monoisotopic (exact) mass is 432 g/mol. The summed E-state index contributed by atoms with van der Waals surface area (Å²) in [5.74, 6) is 1.09. The third-order valence-electron chi connectivity index (χ3n) is 4.43.